The number of aromatic nitrogens is 1. The lowest BCUT2D eigenvalue weighted by molar-refractivity contribution is -0.116. The number of aryl methyl sites for hydroxylation is 1. The van der Waals surface area contributed by atoms with Gasteiger partial charge in [-0.05, 0) is 48.4 Å². The van der Waals surface area contributed by atoms with Gasteiger partial charge in [0.05, 0.1) is 17.6 Å². The van der Waals surface area contributed by atoms with E-state index >= 15 is 0 Å². The Morgan fingerprint density at radius 1 is 1.18 bits per heavy atom. The summed E-state index contributed by atoms with van der Waals surface area (Å²) in [5.41, 5.74) is 6.45. The predicted octanol–water partition coefficient (Wildman–Crippen LogP) is 5.38. The number of nitrogens with one attached hydrogen (secondary N) is 2. The second-order valence-electron chi connectivity index (χ2n) is 9.26. The van der Waals surface area contributed by atoms with Crippen LogP contribution in [0, 0.1) is 18.7 Å². The van der Waals surface area contributed by atoms with Crippen LogP contribution in [0.1, 0.15) is 53.8 Å². The number of carbonyl (C=O) groups is 1. The van der Waals surface area contributed by atoms with Gasteiger partial charge in [0.25, 0.3) is 0 Å². The third-order valence-corrected chi connectivity index (χ3v) is 6.60. The zero-order chi connectivity index (χ0) is 23.4. The molecule has 0 fully saturated rings. The van der Waals surface area contributed by atoms with Crippen LogP contribution in [0.5, 0.6) is 0 Å². The van der Waals surface area contributed by atoms with E-state index in [0.29, 0.717) is 12.3 Å². The molecular weight excluding hydrogens is 413 g/mol. The molecule has 0 aliphatic carbocycles. The third kappa shape index (κ3) is 5.66. The van der Waals surface area contributed by atoms with Crippen molar-refractivity contribution < 1.29 is 9.18 Å². The molecule has 5 heteroatoms. The number of benzene rings is 2. The molecule has 1 aliphatic rings. The summed E-state index contributed by atoms with van der Waals surface area (Å²) in [5, 5.41) is 7.19. The average molecular weight is 446 g/mol. The van der Waals surface area contributed by atoms with Crippen molar-refractivity contribution in [3.63, 3.8) is 0 Å². The van der Waals surface area contributed by atoms with Crippen LogP contribution in [-0.2, 0) is 17.6 Å². The average Bonchev–Trinajstić information content (AvgIpc) is 2.81. The van der Waals surface area contributed by atoms with E-state index in [1.54, 1.807) is 6.92 Å². The van der Waals surface area contributed by atoms with Crippen molar-refractivity contribution in [3.05, 3.63) is 94.6 Å². The molecule has 2 aromatic carbocycles. The molecule has 33 heavy (non-hydrogen) atoms. The van der Waals surface area contributed by atoms with Crippen molar-refractivity contribution in [3.8, 4) is 0 Å². The van der Waals surface area contributed by atoms with E-state index in [9.17, 15) is 9.18 Å². The summed E-state index contributed by atoms with van der Waals surface area (Å²) in [4.78, 5) is 16.0. The fourth-order valence-corrected chi connectivity index (χ4v) is 4.68. The van der Waals surface area contributed by atoms with Crippen molar-refractivity contribution >= 4 is 11.5 Å². The number of carbonyl (C=O) groups excluding carboxylic acids is 1. The monoisotopic (exact) mass is 445 g/mol. The number of rotatable bonds is 8. The lowest BCUT2D eigenvalue weighted by atomic mass is 9.86. The van der Waals surface area contributed by atoms with Gasteiger partial charge in [0, 0.05) is 37.5 Å². The molecular formula is C28H32FN3O. The highest BCUT2D eigenvalue weighted by atomic mass is 19.1. The Labute approximate surface area is 195 Å². The zero-order valence-electron chi connectivity index (χ0n) is 19.6. The van der Waals surface area contributed by atoms with Crippen molar-refractivity contribution in [1.29, 1.82) is 0 Å². The summed E-state index contributed by atoms with van der Waals surface area (Å²) < 4.78 is 13.6. The van der Waals surface area contributed by atoms with E-state index in [1.807, 2.05) is 6.07 Å². The van der Waals surface area contributed by atoms with Crippen LogP contribution < -0.4 is 10.6 Å². The van der Waals surface area contributed by atoms with Gasteiger partial charge in [0.15, 0.2) is 0 Å². The third-order valence-electron chi connectivity index (χ3n) is 6.60. The summed E-state index contributed by atoms with van der Waals surface area (Å²) in [6.45, 7) is 7.48. The maximum Gasteiger partial charge on any atom is 0.143 e. The standard InChI is InChI=1S/C28H32FN3O/c1-18-9-10-22(12-23(18)11-20(3)33)19(2)15-32-28(21-7-5-4-6-8-21)24-13-26-27(30-16-24)14-25(29)17-31-26/h4-10,12,14,17,19,24,28,30,32H,11,13,15-16H2,1-3H3/t19-,24+,28+/m0/s1. The minimum absolute atomic E-state index is 0.142. The first-order valence-corrected chi connectivity index (χ1v) is 11.7. The fourth-order valence-electron chi connectivity index (χ4n) is 4.68. The van der Waals surface area contributed by atoms with Gasteiger partial charge in [-0.15, -0.1) is 0 Å². The quantitative estimate of drug-likeness (QED) is 0.489. The van der Waals surface area contributed by atoms with E-state index in [0.717, 1.165) is 42.0 Å². The molecule has 1 aliphatic heterocycles. The SMILES string of the molecule is CC(=O)Cc1cc([C@@H](C)CN[C@H](c2ccccc2)[C@H]2CNc3cc(F)cnc3C2)ccc1C. The number of ketones is 1. The maximum atomic E-state index is 13.6. The molecule has 3 aromatic rings. The lowest BCUT2D eigenvalue weighted by Gasteiger charge is -2.33. The van der Waals surface area contributed by atoms with E-state index in [-0.39, 0.29) is 23.6 Å². The van der Waals surface area contributed by atoms with Gasteiger partial charge in [0.1, 0.15) is 11.6 Å². The smallest absolute Gasteiger partial charge is 0.143 e. The molecule has 1 aromatic heterocycles. The van der Waals surface area contributed by atoms with Crippen LogP contribution in [-0.4, -0.2) is 23.9 Å². The highest BCUT2D eigenvalue weighted by molar-refractivity contribution is 5.78. The largest absolute Gasteiger partial charge is 0.383 e. The number of anilines is 1. The molecule has 2 heterocycles. The summed E-state index contributed by atoms with van der Waals surface area (Å²) in [6.07, 6.45) is 2.57. The van der Waals surface area contributed by atoms with E-state index in [1.165, 1.54) is 23.4 Å². The van der Waals surface area contributed by atoms with Gasteiger partial charge in [-0.2, -0.15) is 0 Å². The molecule has 0 spiro atoms. The maximum absolute atomic E-state index is 13.6. The van der Waals surface area contributed by atoms with Gasteiger partial charge in [-0.3, -0.25) is 9.78 Å². The second kappa shape index (κ2) is 10.3. The summed E-state index contributed by atoms with van der Waals surface area (Å²) in [6, 6.07) is 18.6. The van der Waals surface area contributed by atoms with Crippen molar-refractivity contribution in [2.45, 2.75) is 45.6 Å². The first-order valence-electron chi connectivity index (χ1n) is 11.7. The Morgan fingerprint density at radius 2 is 1.97 bits per heavy atom. The summed E-state index contributed by atoms with van der Waals surface area (Å²) >= 11 is 0. The number of Topliss-reactive ketones (excluding diaryl/α,β-unsaturated/α-hetero) is 1. The van der Waals surface area contributed by atoms with Gasteiger partial charge >= 0.3 is 0 Å². The number of pyridine rings is 1. The second-order valence-corrected chi connectivity index (χ2v) is 9.26. The molecule has 0 bridgehead atoms. The van der Waals surface area contributed by atoms with Gasteiger partial charge in [-0.25, -0.2) is 4.39 Å². The molecule has 0 unspecified atom stereocenters. The zero-order valence-corrected chi connectivity index (χ0v) is 19.6. The fraction of sp³-hybridized carbons (Fsp3) is 0.357. The van der Waals surface area contributed by atoms with Crippen LogP contribution in [0.2, 0.25) is 0 Å². The molecule has 0 saturated heterocycles. The molecule has 4 nitrogen and oxygen atoms in total. The van der Waals surface area contributed by atoms with Crippen LogP contribution in [0.3, 0.4) is 0 Å². The van der Waals surface area contributed by atoms with E-state index in [2.05, 4.69) is 71.9 Å². The highest BCUT2D eigenvalue weighted by Crippen LogP contribution is 2.32. The molecule has 3 atom stereocenters. The van der Waals surface area contributed by atoms with Crippen LogP contribution >= 0.6 is 0 Å². The lowest BCUT2D eigenvalue weighted by Crippen LogP contribution is -2.37. The number of hydrogen-bond acceptors (Lipinski definition) is 4. The number of halogens is 1. The van der Waals surface area contributed by atoms with Crippen LogP contribution in [0.25, 0.3) is 0 Å². The Kier molecular flexibility index (Phi) is 7.19. The Balaban J connectivity index is 1.51. The van der Waals surface area contributed by atoms with Crippen molar-refractivity contribution in [2.75, 3.05) is 18.4 Å². The van der Waals surface area contributed by atoms with Crippen LogP contribution in [0.15, 0.2) is 60.8 Å². The molecule has 0 saturated carbocycles. The normalized spacial score (nSPS) is 17.0. The number of hydrogen-bond donors (Lipinski definition) is 2. The highest BCUT2D eigenvalue weighted by Gasteiger charge is 2.28. The molecule has 0 amide bonds. The van der Waals surface area contributed by atoms with Gasteiger partial charge in [0.2, 0.25) is 0 Å². The number of fused-ring (bicyclic) bond motifs is 1. The topological polar surface area (TPSA) is 54.0 Å². The number of nitrogens with zero attached hydrogens (tertiary/aromatic N) is 1. The van der Waals surface area contributed by atoms with E-state index < -0.39 is 0 Å². The molecule has 0 radical (unpaired) electrons. The minimum Gasteiger partial charge on any atom is -0.383 e. The first kappa shape index (κ1) is 23.1. The summed E-state index contributed by atoms with van der Waals surface area (Å²) in [5.74, 6) is 0.451. The van der Waals surface area contributed by atoms with Crippen molar-refractivity contribution in [1.82, 2.24) is 10.3 Å². The first-order chi connectivity index (χ1) is 15.9. The van der Waals surface area contributed by atoms with Crippen molar-refractivity contribution in [2.24, 2.45) is 5.92 Å². The van der Waals surface area contributed by atoms with Gasteiger partial charge < -0.3 is 10.6 Å². The van der Waals surface area contributed by atoms with E-state index in [4.69, 9.17) is 0 Å². The minimum atomic E-state index is -0.312. The molecule has 2 N–H and O–H groups in total. The van der Waals surface area contributed by atoms with Crippen LogP contribution in [0.4, 0.5) is 10.1 Å². The molecule has 172 valence electrons. The van der Waals surface area contributed by atoms with Gasteiger partial charge in [-0.1, -0.05) is 55.5 Å². The Hall–Kier alpha value is -3.05. The molecule has 4 rings (SSSR count). The predicted molar refractivity (Wildman–Crippen MR) is 131 cm³/mol. The summed E-state index contributed by atoms with van der Waals surface area (Å²) in [7, 11) is 0. The Bertz CT molecular complexity index is 1120. The Morgan fingerprint density at radius 3 is 2.73 bits per heavy atom.